The van der Waals surface area contributed by atoms with E-state index in [0.29, 0.717) is 16.3 Å². The molecule has 0 radical (unpaired) electrons. The predicted octanol–water partition coefficient (Wildman–Crippen LogP) is 5.86. The van der Waals surface area contributed by atoms with Gasteiger partial charge in [0.15, 0.2) is 5.11 Å². The molecule has 4 rings (SSSR count). The number of para-hydroxylation sites is 1. The van der Waals surface area contributed by atoms with Crippen molar-refractivity contribution in [2.75, 3.05) is 5.32 Å². The Morgan fingerprint density at radius 2 is 1.76 bits per heavy atom. The number of nitrogens with one attached hydrogen (secondary N) is 2. The van der Waals surface area contributed by atoms with Crippen molar-refractivity contribution < 1.29 is 17.9 Å². The van der Waals surface area contributed by atoms with Crippen molar-refractivity contribution in [3.8, 4) is 11.4 Å². The molecule has 0 bridgehead atoms. The minimum absolute atomic E-state index is 0.288. The van der Waals surface area contributed by atoms with Crippen LogP contribution in [-0.4, -0.2) is 27.5 Å². The van der Waals surface area contributed by atoms with Crippen molar-refractivity contribution in [1.29, 1.82) is 0 Å². The van der Waals surface area contributed by atoms with Crippen LogP contribution in [0.2, 0.25) is 0 Å². The SMILES string of the molecule is Cc1cccc(C)c1NC(=S)NN=Cc1ccc2cn(-c3ccc(OC(F)(F)F)cc3)nc2c1. The van der Waals surface area contributed by atoms with Crippen molar-refractivity contribution in [1.82, 2.24) is 15.2 Å². The predicted molar refractivity (Wildman–Crippen MR) is 131 cm³/mol. The number of anilines is 1. The van der Waals surface area contributed by atoms with Crippen LogP contribution < -0.4 is 15.5 Å². The fourth-order valence-electron chi connectivity index (χ4n) is 3.36. The van der Waals surface area contributed by atoms with Gasteiger partial charge in [-0.2, -0.15) is 10.2 Å². The maximum absolute atomic E-state index is 12.3. The van der Waals surface area contributed by atoms with Gasteiger partial charge in [0.05, 0.1) is 17.4 Å². The standard InChI is InChI=1S/C24H20F3N5OS/c1-15-4-3-5-16(2)22(15)29-23(34)30-28-13-17-6-7-18-14-32(31-21(18)12-17)19-8-10-20(11-9-19)33-24(25,26)27/h3-14H,1-2H3,(H2,29,30,34). The number of aromatic nitrogens is 2. The number of hydrogen-bond donors (Lipinski definition) is 2. The van der Waals surface area contributed by atoms with Crippen molar-refractivity contribution in [3.63, 3.8) is 0 Å². The van der Waals surface area contributed by atoms with Crippen LogP contribution in [-0.2, 0) is 0 Å². The lowest BCUT2D eigenvalue weighted by Gasteiger charge is -2.12. The first kappa shape index (κ1) is 23.2. The molecule has 0 unspecified atom stereocenters. The summed E-state index contributed by atoms with van der Waals surface area (Å²) in [5, 5.41) is 13.1. The number of hydrazone groups is 1. The molecule has 34 heavy (non-hydrogen) atoms. The highest BCUT2D eigenvalue weighted by Crippen LogP contribution is 2.24. The number of fused-ring (bicyclic) bond motifs is 1. The second-order valence-electron chi connectivity index (χ2n) is 7.52. The zero-order valence-corrected chi connectivity index (χ0v) is 19.0. The number of halogens is 3. The topological polar surface area (TPSA) is 63.5 Å². The summed E-state index contributed by atoms with van der Waals surface area (Å²) < 4.78 is 42.5. The van der Waals surface area contributed by atoms with E-state index in [1.807, 2.05) is 50.2 Å². The molecule has 0 atom stereocenters. The molecule has 10 heteroatoms. The Morgan fingerprint density at radius 3 is 2.44 bits per heavy atom. The normalized spacial score (nSPS) is 11.7. The molecule has 1 aromatic heterocycles. The van der Waals surface area contributed by atoms with Gasteiger partial charge in [-0.25, -0.2) is 4.68 Å². The van der Waals surface area contributed by atoms with Crippen LogP contribution in [0.1, 0.15) is 16.7 Å². The second kappa shape index (κ2) is 9.52. The highest BCUT2D eigenvalue weighted by Gasteiger charge is 2.31. The third-order valence-corrected chi connectivity index (χ3v) is 5.16. The Labute approximate surface area is 199 Å². The molecule has 1 heterocycles. The Morgan fingerprint density at radius 1 is 1.06 bits per heavy atom. The molecule has 0 spiro atoms. The average molecular weight is 484 g/mol. The van der Waals surface area contributed by atoms with Crippen LogP contribution in [0.4, 0.5) is 18.9 Å². The summed E-state index contributed by atoms with van der Waals surface area (Å²) in [7, 11) is 0. The van der Waals surface area contributed by atoms with Crippen LogP contribution in [0, 0.1) is 13.8 Å². The minimum Gasteiger partial charge on any atom is -0.406 e. The molecule has 0 saturated carbocycles. The van der Waals surface area contributed by atoms with Crippen molar-refractivity contribution in [2.45, 2.75) is 20.2 Å². The first-order valence-corrected chi connectivity index (χ1v) is 10.6. The van der Waals surface area contributed by atoms with Gasteiger partial charge in [-0.15, -0.1) is 13.2 Å². The molecule has 0 aliphatic rings. The molecular weight excluding hydrogens is 463 g/mol. The summed E-state index contributed by atoms with van der Waals surface area (Å²) in [6, 6.07) is 17.1. The van der Waals surface area contributed by atoms with E-state index in [1.54, 1.807) is 17.1 Å². The third-order valence-electron chi connectivity index (χ3n) is 4.97. The molecule has 0 fully saturated rings. The van der Waals surface area contributed by atoms with Gasteiger partial charge in [-0.1, -0.05) is 30.3 Å². The quantitative estimate of drug-likeness (QED) is 0.211. The second-order valence-corrected chi connectivity index (χ2v) is 7.93. The van der Waals surface area contributed by atoms with E-state index in [4.69, 9.17) is 12.2 Å². The molecule has 0 amide bonds. The molecule has 0 aliphatic heterocycles. The fraction of sp³-hybridized carbons (Fsp3) is 0.125. The van der Waals surface area contributed by atoms with Crippen LogP contribution in [0.5, 0.6) is 5.75 Å². The molecular formula is C24H20F3N5OS. The van der Waals surface area contributed by atoms with Gasteiger partial charge in [0.25, 0.3) is 0 Å². The zero-order valence-electron chi connectivity index (χ0n) is 18.2. The number of benzene rings is 3. The lowest BCUT2D eigenvalue weighted by atomic mass is 10.1. The number of aryl methyl sites for hydroxylation is 2. The van der Waals surface area contributed by atoms with Crippen LogP contribution >= 0.6 is 12.2 Å². The molecule has 0 saturated heterocycles. The number of rotatable bonds is 5. The smallest absolute Gasteiger partial charge is 0.406 e. The zero-order chi connectivity index (χ0) is 24.3. The van der Waals surface area contributed by atoms with Gasteiger partial charge >= 0.3 is 6.36 Å². The van der Waals surface area contributed by atoms with Crippen molar-refractivity contribution >= 4 is 40.1 Å². The van der Waals surface area contributed by atoms with E-state index in [-0.39, 0.29) is 5.75 Å². The number of nitrogens with zero attached hydrogens (tertiary/aromatic N) is 3. The first-order valence-electron chi connectivity index (χ1n) is 10.2. The van der Waals surface area contributed by atoms with Crippen molar-refractivity contribution in [3.05, 3.63) is 83.6 Å². The van der Waals surface area contributed by atoms with E-state index < -0.39 is 6.36 Å². The Kier molecular flexibility index (Phi) is 6.51. The van der Waals surface area contributed by atoms with E-state index in [0.717, 1.165) is 27.8 Å². The molecule has 6 nitrogen and oxygen atoms in total. The van der Waals surface area contributed by atoms with Crippen LogP contribution in [0.3, 0.4) is 0 Å². The summed E-state index contributed by atoms with van der Waals surface area (Å²) in [6.45, 7) is 4.00. The maximum atomic E-state index is 12.3. The Bertz CT molecular complexity index is 1340. The summed E-state index contributed by atoms with van der Waals surface area (Å²) in [6.07, 6.45) is -1.31. The van der Waals surface area contributed by atoms with E-state index in [9.17, 15) is 13.2 Å². The molecule has 174 valence electrons. The highest BCUT2D eigenvalue weighted by molar-refractivity contribution is 7.80. The fourth-order valence-corrected chi connectivity index (χ4v) is 3.52. The van der Waals surface area contributed by atoms with Crippen molar-refractivity contribution in [2.24, 2.45) is 5.10 Å². The average Bonchev–Trinajstić information content (AvgIpc) is 3.19. The third kappa shape index (κ3) is 5.70. The Balaban J connectivity index is 1.43. The van der Waals surface area contributed by atoms with Crippen LogP contribution in [0.15, 0.2) is 72.0 Å². The number of hydrogen-bond acceptors (Lipinski definition) is 4. The van der Waals surface area contributed by atoms with Gasteiger partial charge in [0.1, 0.15) is 5.75 Å². The summed E-state index contributed by atoms with van der Waals surface area (Å²) in [5.74, 6) is -0.288. The molecule has 0 aliphatic carbocycles. The molecule has 3 aromatic carbocycles. The Hall–Kier alpha value is -3.92. The van der Waals surface area contributed by atoms with E-state index in [2.05, 4.69) is 25.7 Å². The van der Waals surface area contributed by atoms with Gasteiger partial charge in [-0.3, -0.25) is 5.43 Å². The lowest BCUT2D eigenvalue weighted by molar-refractivity contribution is -0.274. The summed E-state index contributed by atoms with van der Waals surface area (Å²) >= 11 is 5.32. The number of alkyl halides is 3. The van der Waals surface area contributed by atoms with Crippen LogP contribution in [0.25, 0.3) is 16.6 Å². The summed E-state index contributed by atoms with van der Waals surface area (Å²) in [4.78, 5) is 0. The van der Waals surface area contributed by atoms with Gasteiger partial charge < -0.3 is 10.1 Å². The maximum Gasteiger partial charge on any atom is 0.573 e. The minimum atomic E-state index is -4.73. The molecule has 4 aromatic rings. The number of thiocarbonyl (C=S) groups is 1. The highest BCUT2D eigenvalue weighted by atomic mass is 32.1. The van der Waals surface area contributed by atoms with Gasteiger partial charge in [0.2, 0.25) is 0 Å². The summed E-state index contributed by atoms with van der Waals surface area (Å²) in [5.41, 5.74) is 8.02. The van der Waals surface area contributed by atoms with Gasteiger partial charge in [0, 0.05) is 17.3 Å². The van der Waals surface area contributed by atoms with E-state index >= 15 is 0 Å². The number of ether oxygens (including phenoxy) is 1. The molecule has 2 N–H and O–H groups in total. The largest absolute Gasteiger partial charge is 0.573 e. The first-order chi connectivity index (χ1) is 16.2. The van der Waals surface area contributed by atoms with E-state index in [1.165, 1.54) is 24.3 Å². The lowest BCUT2D eigenvalue weighted by Crippen LogP contribution is -2.24. The van der Waals surface area contributed by atoms with Gasteiger partial charge in [-0.05, 0) is 73.1 Å². The monoisotopic (exact) mass is 483 g/mol.